The molecule has 116 valence electrons. The van der Waals surface area contributed by atoms with Crippen molar-refractivity contribution in [2.24, 2.45) is 0 Å². The number of ether oxygens (including phenoxy) is 2. The number of alkyl halides is 2. The summed E-state index contributed by atoms with van der Waals surface area (Å²) in [6.45, 7) is 0.655. The summed E-state index contributed by atoms with van der Waals surface area (Å²) in [5.41, 5.74) is 0. The van der Waals surface area contributed by atoms with Gasteiger partial charge in [-0.15, -0.1) is 23.2 Å². The summed E-state index contributed by atoms with van der Waals surface area (Å²) in [4.78, 5) is 22.3. The minimum atomic E-state index is -0.580. The maximum absolute atomic E-state index is 11.2. The zero-order valence-corrected chi connectivity index (χ0v) is 15.1. The van der Waals surface area contributed by atoms with Crippen molar-refractivity contribution < 1.29 is 19.1 Å². The van der Waals surface area contributed by atoms with Gasteiger partial charge in [-0.3, -0.25) is 0 Å². The van der Waals surface area contributed by atoms with Gasteiger partial charge in [-0.05, 0) is 0 Å². The molecule has 0 saturated carbocycles. The molecular formula is C10H14Br2Cl2N2O4. The maximum Gasteiger partial charge on any atom is 0.407 e. The third-order valence-electron chi connectivity index (χ3n) is 1.68. The van der Waals surface area contributed by atoms with E-state index in [1.807, 2.05) is 0 Å². The first kappa shape index (κ1) is 19.8. The fourth-order valence-electron chi connectivity index (χ4n) is 0.815. The molecule has 6 nitrogen and oxygen atoms in total. The molecule has 0 radical (unpaired) electrons. The number of halogens is 4. The zero-order valence-electron chi connectivity index (χ0n) is 10.4. The smallest absolute Gasteiger partial charge is 0.407 e. The van der Waals surface area contributed by atoms with Crippen LogP contribution in [0.15, 0.2) is 8.96 Å². The van der Waals surface area contributed by atoms with E-state index in [0.29, 0.717) is 33.8 Å². The van der Waals surface area contributed by atoms with Crippen molar-refractivity contribution in [2.45, 2.75) is 0 Å². The Kier molecular flexibility index (Phi) is 12.4. The summed E-state index contributed by atoms with van der Waals surface area (Å²) in [7, 11) is 0. The predicted molar refractivity (Wildman–Crippen MR) is 85.0 cm³/mol. The van der Waals surface area contributed by atoms with Crippen LogP contribution < -0.4 is 10.6 Å². The van der Waals surface area contributed by atoms with E-state index in [2.05, 4.69) is 42.5 Å². The molecule has 0 heterocycles. The van der Waals surface area contributed by atoms with Gasteiger partial charge in [0.15, 0.2) is 0 Å². The Morgan fingerprint density at radius 2 is 1.20 bits per heavy atom. The van der Waals surface area contributed by atoms with E-state index < -0.39 is 12.2 Å². The predicted octanol–water partition coefficient (Wildman–Crippen LogP) is 2.92. The van der Waals surface area contributed by atoms with Crippen molar-refractivity contribution >= 4 is 67.2 Å². The average molecular weight is 457 g/mol. The van der Waals surface area contributed by atoms with Crippen LogP contribution in [-0.4, -0.2) is 50.2 Å². The molecule has 0 rings (SSSR count). The van der Waals surface area contributed by atoms with E-state index >= 15 is 0 Å². The minimum absolute atomic E-state index is 0.00135. The summed E-state index contributed by atoms with van der Waals surface area (Å²) >= 11 is 17.2. The molecule has 0 saturated heterocycles. The third-order valence-corrected chi connectivity index (χ3v) is 4.01. The Labute approximate surface area is 143 Å². The molecule has 0 aliphatic carbocycles. The second kappa shape index (κ2) is 12.6. The van der Waals surface area contributed by atoms with Gasteiger partial charge in [0.25, 0.3) is 0 Å². The first-order valence-electron chi connectivity index (χ1n) is 5.47. The molecule has 0 aromatic heterocycles. The van der Waals surface area contributed by atoms with Crippen LogP contribution in [0.3, 0.4) is 0 Å². The molecule has 0 fully saturated rings. The van der Waals surface area contributed by atoms with E-state index in [9.17, 15) is 9.59 Å². The molecule has 0 bridgehead atoms. The lowest BCUT2D eigenvalue weighted by Gasteiger charge is -2.08. The number of hydrogen-bond acceptors (Lipinski definition) is 4. The number of nitrogens with one attached hydrogen (secondary N) is 2. The molecule has 0 unspecified atom stereocenters. The molecule has 0 aromatic carbocycles. The van der Waals surface area contributed by atoms with E-state index in [0.717, 1.165) is 0 Å². The summed E-state index contributed by atoms with van der Waals surface area (Å²) in [6.07, 6.45) is -1.16. The lowest BCUT2D eigenvalue weighted by molar-refractivity contribution is 0.153. The minimum Gasteiger partial charge on any atom is -0.444 e. The van der Waals surface area contributed by atoms with Gasteiger partial charge in [0.1, 0.15) is 13.2 Å². The molecule has 0 atom stereocenters. The summed E-state index contributed by atoms with van der Waals surface area (Å²) in [5, 5.41) is 4.88. The summed E-state index contributed by atoms with van der Waals surface area (Å²) in [5.74, 6) is 0.613. The van der Waals surface area contributed by atoms with E-state index in [1.54, 1.807) is 0 Å². The van der Waals surface area contributed by atoms with Crippen molar-refractivity contribution in [3.05, 3.63) is 8.96 Å². The molecular weight excluding hydrogens is 443 g/mol. The second-order valence-electron chi connectivity index (χ2n) is 3.19. The van der Waals surface area contributed by atoms with E-state index in [1.165, 1.54) is 0 Å². The van der Waals surface area contributed by atoms with Crippen LogP contribution in [-0.2, 0) is 9.47 Å². The molecule has 2 amide bonds. The average Bonchev–Trinajstić information content (AvgIpc) is 2.45. The number of rotatable bonds is 8. The fraction of sp³-hybridized carbons (Fsp3) is 0.600. The van der Waals surface area contributed by atoms with Crippen LogP contribution in [0.4, 0.5) is 9.59 Å². The zero-order chi connectivity index (χ0) is 15.4. The van der Waals surface area contributed by atoms with Gasteiger partial charge in [0.2, 0.25) is 0 Å². The largest absolute Gasteiger partial charge is 0.444 e. The highest BCUT2D eigenvalue weighted by atomic mass is 79.9. The maximum atomic E-state index is 11.2. The molecule has 2 N–H and O–H groups in total. The highest BCUT2D eigenvalue weighted by Crippen LogP contribution is 2.18. The SMILES string of the molecule is O=C(NCCCl)OC/C(Br)=C(\Br)COC(=O)NCCCl. The monoisotopic (exact) mass is 454 g/mol. The van der Waals surface area contributed by atoms with Gasteiger partial charge >= 0.3 is 12.2 Å². The number of carbonyl (C=O) groups excluding carboxylic acids is 2. The van der Waals surface area contributed by atoms with Crippen molar-refractivity contribution in [3.8, 4) is 0 Å². The van der Waals surface area contributed by atoms with E-state index in [4.69, 9.17) is 32.7 Å². The quantitative estimate of drug-likeness (QED) is 0.551. The Balaban J connectivity index is 3.99. The van der Waals surface area contributed by atoms with Crippen LogP contribution in [0.2, 0.25) is 0 Å². The first-order chi connectivity index (χ1) is 9.51. The number of hydrogen-bond donors (Lipinski definition) is 2. The highest BCUT2D eigenvalue weighted by Gasteiger charge is 2.08. The normalized spacial score (nSPS) is 11.4. The number of alkyl carbamates (subject to hydrolysis) is 2. The van der Waals surface area contributed by atoms with Gasteiger partial charge in [-0.2, -0.15) is 0 Å². The third kappa shape index (κ3) is 10.6. The van der Waals surface area contributed by atoms with Gasteiger partial charge < -0.3 is 20.1 Å². The molecule has 0 aliphatic heterocycles. The van der Waals surface area contributed by atoms with Crippen molar-refractivity contribution in [3.63, 3.8) is 0 Å². The molecule has 0 spiro atoms. The van der Waals surface area contributed by atoms with Crippen molar-refractivity contribution in [1.29, 1.82) is 0 Å². The second-order valence-corrected chi connectivity index (χ2v) is 5.86. The van der Waals surface area contributed by atoms with Gasteiger partial charge in [-0.1, -0.05) is 31.9 Å². The topological polar surface area (TPSA) is 76.7 Å². The van der Waals surface area contributed by atoms with Crippen molar-refractivity contribution in [2.75, 3.05) is 38.1 Å². The molecule has 20 heavy (non-hydrogen) atoms. The Morgan fingerprint density at radius 1 is 0.850 bits per heavy atom. The summed E-state index contributed by atoms with van der Waals surface area (Å²) in [6, 6.07) is 0. The number of amides is 2. The Bertz CT molecular complexity index is 324. The fourth-order valence-corrected chi connectivity index (χ4v) is 1.46. The lowest BCUT2D eigenvalue weighted by atomic mass is 10.5. The van der Waals surface area contributed by atoms with Gasteiger partial charge in [0.05, 0.1) is 0 Å². The first-order valence-corrected chi connectivity index (χ1v) is 8.13. The van der Waals surface area contributed by atoms with Crippen LogP contribution in [0.1, 0.15) is 0 Å². The van der Waals surface area contributed by atoms with Crippen LogP contribution >= 0.6 is 55.1 Å². The lowest BCUT2D eigenvalue weighted by Crippen LogP contribution is -2.27. The van der Waals surface area contributed by atoms with Crippen LogP contribution in [0.25, 0.3) is 0 Å². The molecule has 10 heteroatoms. The van der Waals surface area contributed by atoms with Crippen LogP contribution in [0.5, 0.6) is 0 Å². The van der Waals surface area contributed by atoms with Crippen molar-refractivity contribution in [1.82, 2.24) is 10.6 Å². The van der Waals surface area contributed by atoms with Gasteiger partial charge in [-0.25, -0.2) is 9.59 Å². The highest BCUT2D eigenvalue weighted by molar-refractivity contribution is 9.14. The molecule has 0 aliphatic rings. The Morgan fingerprint density at radius 3 is 1.50 bits per heavy atom. The number of carbonyl (C=O) groups is 2. The Hall–Kier alpha value is -0.180. The standard InChI is InChI=1S/C10H14Br2Cl2N2O4/c11-7(5-19-9(17)15-3-1-13)8(12)6-20-10(18)16-4-2-14/h1-6H2,(H,15,17)(H,16,18)/b8-7+. The summed E-state index contributed by atoms with van der Waals surface area (Å²) < 4.78 is 10.9. The molecule has 0 aromatic rings. The van der Waals surface area contributed by atoms with E-state index in [-0.39, 0.29) is 13.2 Å². The van der Waals surface area contributed by atoms with Crippen LogP contribution in [0, 0.1) is 0 Å². The van der Waals surface area contributed by atoms with Gasteiger partial charge in [0, 0.05) is 33.8 Å².